The number of carboxylic acids is 1. The van der Waals surface area contributed by atoms with Gasteiger partial charge in [-0.1, -0.05) is 0 Å². The second-order valence-corrected chi connectivity index (χ2v) is 7.84. The maximum absolute atomic E-state index is 11.4. The van der Waals surface area contributed by atoms with E-state index in [2.05, 4.69) is 41.3 Å². The van der Waals surface area contributed by atoms with Crippen LogP contribution in [0.4, 0.5) is 15.9 Å². The number of fused-ring (bicyclic) bond motifs is 1. The first-order valence-electron chi connectivity index (χ1n) is 7.90. The summed E-state index contributed by atoms with van der Waals surface area (Å²) in [5.41, 5.74) is 2.10. The monoisotopic (exact) mass is 393 g/mol. The first kappa shape index (κ1) is 15.7. The van der Waals surface area contributed by atoms with E-state index in [0.29, 0.717) is 4.44 Å². The van der Waals surface area contributed by atoms with Crippen LogP contribution < -0.4 is 4.90 Å². The van der Waals surface area contributed by atoms with Crippen molar-refractivity contribution in [1.29, 1.82) is 0 Å². The van der Waals surface area contributed by atoms with Crippen molar-refractivity contribution >= 4 is 47.2 Å². The molecule has 0 aliphatic carbocycles. The molecule has 0 saturated carbocycles. The van der Waals surface area contributed by atoms with Gasteiger partial charge in [-0.3, -0.25) is 0 Å². The molecule has 0 spiro atoms. The van der Waals surface area contributed by atoms with E-state index in [1.54, 1.807) is 6.07 Å². The summed E-state index contributed by atoms with van der Waals surface area (Å²) in [4.78, 5) is 13.5. The summed E-state index contributed by atoms with van der Waals surface area (Å²) in [7, 11) is 0. The molecule has 25 heavy (non-hydrogen) atoms. The molecule has 4 rings (SSSR count). The van der Waals surface area contributed by atoms with E-state index >= 15 is 0 Å². The van der Waals surface area contributed by atoms with Gasteiger partial charge in [-0.15, -0.1) is 0 Å². The maximum atomic E-state index is 11.4. The summed E-state index contributed by atoms with van der Waals surface area (Å²) in [6.07, 6.45) is 0. The first-order valence-corrected chi connectivity index (χ1v) is 9.61. The van der Waals surface area contributed by atoms with Crippen molar-refractivity contribution in [3.05, 3.63) is 89.4 Å². The second-order valence-electron chi connectivity index (χ2n) is 5.61. The van der Waals surface area contributed by atoms with Crippen molar-refractivity contribution in [1.82, 2.24) is 0 Å². The number of rotatable bonds is 4. The molecule has 0 amide bonds. The third-order valence-corrected chi connectivity index (χ3v) is 6.27. The molecule has 4 heteroatoms. The van der Waals surface area contributed by atoms with Crippen LogP contribution in [0.1, 0.15) is 9.23 Å². The number of carboxylic acid groups (broad SMARTS) is 1. The number of aromatic carboxylic acids is 1. The Morgan fingerprint density at radius 2 is 1.52 bits per heavy atom. The number of para-hydroxylation sites is 1. The molecule has 1 N–H and O–H groups in total. The van der Waals surface area contributed by atoms with E-state index in [1.807, 2.05) is 42.5 Å². The third-order valence-electron chi connectivity index (χ3n) is 4.04. The van der Waals surface area contributed by atoms with E-state index in [4.69, 9.17) is 0 Å². The molecule has 0 aliphatic rings. The van der Waals surface area contributed by atoms with Crippen LogP contribution in [0, 0.1) is 0 Å². The minimum atomic E-state index is -0.836. The summed E-state index contributed by atoms with van der Waals surface area (Å²) >= 11 is -0.237. The molecule has 122 valence electrons. The second kappa shape index (κ2) is 6.59. The molecule has 3 aromatic carbocycles. The summed E-state index contributed by atoms with van der Waals surface area (Å²) in [5.74, 6) is -0.836. The molecule has 0 fully saturated rings. The SMILES string of the molecule is O=C(O)c1ccc(N(c2ccccc2)c2cccc3ccccc23)[se]1. The van der Waals surface area contributed by atoms with Gasteiger partial charge in [-0.25, -0.2) is 0 Å². The van der Waals surface area contributed by atoms with Crippen LogP contribution in [0.2, 0.25) is 0 Å². The van der Waals surface area contributed by atoms with E-state index < -0.39 is 5.97 Å². The van der Waals surface area contributed by atoms with Crippen LogP contribution in [0.25, 0.3) is 10.8 Å². The van der Waals surface area contributed by atoms with E-state index in [9.17, 15) is 9.90 Å². The van der Waals surface area contributed by atoms with Crippen molar-refractivity contribution in [3.8, 4) is 0 Å². The molecule has 0 bridgehead atoms. The molecule has 3 nitrogen and oxygen atoms in total. The Hall–Kier alpha value is -2.81. The molecule has 0 aliphatic heterocycles. The van der Waals surface area contributed by atoms with Gasteiger partial charge in [0.05, 0.1) is 0 Å². The van der Waals surface area contributed by atoms with Crippen molar-refractivity contribution in [3.63, 3.8) is 0 Å². The summed E-state index contributed by atoms with van der Waals surface area (Å²) in [6.45, 7) is 0. The number of carbonyl (C=O) groups is 1. The Morgan fingerprint density at radius 3 is 2.28 bits per heavy atom. The molecular weight excluding hydrogens is 377 g/mol. The van der Waals surface area contributed by atoms with Gasteiger partial charge in [0.25, 0.3) is 0 Å². The molecule has 0 saturated heterocycles. The number of anilines is 3. The molecular formula is C21H15NO2Se. The van der Waals surface area contributed by atoms with Crippen LogP contribution in [-0.2, 0) is 0 Å². The summed E-state index contributed by atoms with van der Waals surface area (Å²) in [6, 6.07) is 28.2. The number of hydrogen-bond donors (Lipinski definition) is 1. The van der Waals surface area contributed by atoms with Gasteiger partial charge in [-0.05, 0) is 0 Å². The van der Waals surface area contributed by atoms with Gasteiger partial charge >= 0.3 is 151 Å². The van der Waals surface area contributed by atoms with E-state index in [-0.39, 0.29) is 14.5 Å². The Kier molecular flexibility index (Phi) is 4.14. The van der Waals surface area contributed by atoms with Crippen molar-refractivity contribution < 1.29 is 9.90 Å². The molecule has 4 aromatic rings. The van der Waals surface area contributed by atoms with Gasteiger partial charge in [0.1, 0.15) is 0 Å². The third kappa shape index (κ3) is 2.98. The fourth-order valence-electron chi connectivity index (χ4n) is 2.93. The number of benzene rings is 3. The Labute approximate surface area is 151 Å². The van der Waals surface area contributed by atoms with E-state index in [1.165, 1.54) is 5.39 Å². The van der Waals surface area contributed by atoms with Crippen molar-refractivity contribution in [2.24, 2.45) is 0 Å². The molecule has 0 atom stereocenters. The Balaban J connectivity index is 1.95. The average Bonchev–Trinajstić information content (AvgIpc) is 3.13. The van der Waals surface area contributed by atoms with Gasteiger partial charge in [-0.2, -0.15) is 0 Å². The Bertz CT molecular complexity index is 1030. The normalized spacial score (nSPS) is 10.7. The zero-order chi connectivity index (χ0) is 17.2. The van der Waals surface area contributed by atoms with Crippen molar-refractivity contribution in [2.45, 2.75) is 0 Å². The molecule has 1 aromatic heterocycles. The van der Waals surface area contributed by atoms with Gasteiger partial charge < -0.3 is 0 Å². The van der Waals surface area contributed by atoms with Crippen LogP contribution >= 0.6 is 0 Å². The number of nitrogens with zero attached hydrogens (tertiary/aromatic N) is 1. The Morgan fingerprint density at radius 1 is 0.800 bits per heavy atom. The number of hydrogen-bond acceptors (Lipinski definition) is 2. The predicted molar refractivity (Wildman–Crippen MR) is 103 cm³/mol. The van der Waals surface area contributed by atoms with Crippen LogP contribution in [0.5, 0.6) is 0 Å². The van der Waals surface area contributed by atoms with Crippen LogP contribution in [0.3, 0.4) is 0 Å². The van der Waals surface area contributed by atoms with Gasteiger partial charge in [0, 0.05) is 0 Å². The minimum absolute atomic E-state index is 0.237. The quantitative estimate of drug-likeness (QED) is 0.494. The summed E-state index contributed by atoms with van der Waals surface area (Å²) < 4.78 is 1.50. The van der Waals surface area contributed by atoms with Crippen LogP contribution in [-0.4, -0.2) is 25.6 Å². The van der Waals surface area contributed by atoms with Gasteiger partial charge in [0.15, 0.2) is 0 Å². The topological polar surface area (TPSA) is 40.5 Å². The van der Waals surface area contributed by atoms with Crippen molar-refractivity contribution in [2.75, 3.05) is 4.90 Å². The zero-order valence-electron chi connectivity index (χ0n) is 13.3. The van der Waals surface area contributed by atoms with E-state index in [0.717, 1.165) is 21.3 Å². The molecule has 1 heterocycles. The average molecular weight is 392 g/mol. The van der Waals surface area contributed by atoms with Gasteiger partial charge in [0.2, 0.25) is 0 Å². The zero-order valence-corrected chi connectivity index (χ0v) is 15.0. The fourth-order valence-corrected chi connectivity index (χ4v) is 4.77. The molecule has 0 radical (unpaired) electrons. The molecule has 0 unspecified atom stereocenters. The standard InChI is InChI=1S/C21H15NO2Se/c23-21(24)19-13-14-20(25-19)22(16-9-2-1-3-10-16)18-12-6-8-15-7-4-5-11-17(15)18/h1-14H,(H,23,24). The van der Waals surface area contributed by atoms with Crippen LogP contribution in [0.15, 0.2) is 84.9 Å². The first-order chi connectivity index (χ1) is 12.2. The summed E-state index contributed by atoms with van der Waals surface area (Å²) in [5, 5.41) is 11.6. The predicted octanol–water partition coefficient (Wildman–Crippen LogP) is 5.06. The fraction of sp³-hybridized carbons (Fsp3) is 0.